The van der Waals surface area contributed by atoms with Gasteiger partial charge >= 0.3 is 0 Å². The highest BCUT2D eigenvalue weighted by molar-refractivity contribution is 7.80. The maximum Gasteiger partial charge on any atom is 0.226 e. The quantitative estimate of drug-likeness (QED) is 0.317. The summed E-state index contributed by atoms with van der Waals surface area (Å²) in [5.41, 5.74) is 4.80. The number of ether oxygens (including phenoxy) is 1. The molecular formula is C29H29N5O2S. The Morgan fingerprint density at radius 3 is 2.73 bits per heavy atom. The van der Waals surface area contributed by atoms with Crippen LogP contribution in [0.25, 0.3) is 5.69 Å². The molecule has 2 N–H and O–H groups in total. The van der Waals surface area contributed by atoms with Crippen LogP contribution in [0.15, 0.2) is 91.3 Å². The van der Waals surface area contributed by atoms with Crippen LogP contribution >= 0.6 is 12.2 Å². The number of carbonyl (C=O) groups excluding carboxylic acids is 1. The third-order valence-corrected chi connectivity index (χ3v) is 6.85. The molecule has 1 fully saturated rings. The zero-order valence-corrected chi connectivity index (χ0v) is 21.6. The molecule has 0 unspecified atom stereocenters. The Morgan fingerprint density at radius 1 is 1.08 bits per heavy atom. The van der Waals surface area contributed by atoms with Crippen molar-refractivity contribution in [1.29, 1.82) is 0 Å². The number of anilines is 1. The zero-order chi connectivity index (χ0) is 25.8. The molecule has 37 heavy (non-hydrogen) atoms. The first kappa shape index (κ1) is 24.5. The lowest BCUT2D eigenvalue weighted by molar-refractivity contribution is -0.116. The van der Waals surface area contributed by atoms with Gasteiger partial charge in [0.2, 0.25) is 5.91 Å². The molecule has 0 radical (unpaired) electrons. The van der Waals surface area contributed by atoms with Crippen LogP contribution in [-0.4, -0.2) is 39.1 Å². The Balaban J connectivity index is 1.45. The maximum atomic E-state index is 12.9. The molecule has 0 bridgehead atoms. The molecule has 1 saturated heterocycles. The average molecular weight is 512 g/mol. The number of nitrogens with zero attached hydrogens (tertiary/aromatic N) is 3. The highest BCUT2D eigenvalue weighted by Gasteiger charge is 2.41. The van der Waals surface area contributed by atoms with Gasteiger partial charge in [-0.2, -0.15) is 0 Å². The fourth-order valence-corrected chi connectivity index (χ4v) is 5.10. The summed E-state index contributed by atoms with van der Waals surface area (Å²) in [4.78, 5) is 19.6. The summed E-state index contributed by atoms with van der Waals surface area (Å²) in [6.07, 6.45) is 4.11. The molecule has 0 spiro atoms. The van der Waals surface area contributed by atoms with Crippen molar-refractivity contribution in [2.45, 2.75) is 25.4 Å². The minimum atomic E-state index is -0.173. The molecule has 2 aromatic heterocycles. The number of benzene rings is 2. The normalized spacial score (nSPS) is 16.9. The van der Waals surface area contributed by atoms with E-state index in [1.165, 1.54) is 0 Å². The smallest absolute Gasteiger partial charge is 0.226 e. The maximum absolute atomic E-state index is 12.9. The summed E-state index contributed by atoms with van der Waals surface area (Å²) in [5, 5.41) is 7.07. The second-order valence-electron chi connectivity index (χ2n) is 8.99. The number of carbonyl (C=O) groups is 1. The average Bonchev–Trinajstić information content (AvgIpc) is 3.52. The summed E-state index contributed by atoms with van der Waals surface area (Å²) < 4.78 is 7.59. The second kappa shape index (κ2) is 10.8. The van der Waals surface area contributed by atoms with Gasteiger partial charge in [-0.3, -0.25) is 9.78 Å². The largest absolute Gasteiger partial charge is 0.497 e. The predicted molar refractivity (Wildman–Crippen MR) is 149 cm³/mol. The minimum Gasteiger partial charge on any atom is -0.497 e. The van der Waals surface area contributed by atoms with Crippen molar-refractivity contribution >= 4 is 28.9 Å². The minimum absolute atomic E-state index is 0.0587. The van der Waals surface area contributed by atoms with Crippen molar-refractivity contribution in [2.75, 3.05) is 19.0 Å². The van der Waals surface area contributed by atoms with Crippen LogP contribution in [0.2, 0.25) is 0 Å². The van der Waals surface area contributed by atoms with Crippen molar-refractivity contribution in [3.05, 3.63) is 108 Å². The highest BCUT2D eigenvalue weighted by atomic mass is 32.1. The van der Waals surface area contributed by atoms with Gasteiger partial charge in [0, 0.05) is 48.5 Å². The van der Waals surface area contributed by atoms with E-state index in [1.807, 2.05) is 85.9 Å². The lowest BCUT2D eigenvalue weighted by atomic mass is 10.0. The van der Waals surface area contributed by atoms with Gasteiger partial charge in [0.05, 0.1) is 24.9 Å². The third-order valence-electron chi connectivity index (χ3n) is 6.49. The first-order valence-corrected chi connectivity index (χ1v) is 12.6. The van der Waals surface area contributed by atoms with Gasteiger partial charge in [-0.25, -0.2) is 0 Å². The summed E-state index contributed by atoms with van der Waals surface area (Å²) in [6.45, 7) is 2.46. The van der Waals surface area contributed by atoms with Crippen LogP contribution in [0.4, 0.5) is 5.69 Å². The number of methoxy groups -OCH3 is 1. The highest BCUT2D eigenvalue weighted by Crippen LogP contribution is 2.39. The van der Waals surface area contributed by atoms with Crippen LogP contribution in [0, 0.1) is 6.92 Å². The molecule has 0 aliphatic carbocycles. The molecule has 8 heteroatoms. The number of hydrogen-bond donors (Lipinski definition) is 2. The molecule has 3 heterocycles. The SMILES string of the molecule is COc1cccc(-n2cccc2[C@@H]2[C@H](c3ccccn3)NC(=S)N2CCC(=O)Nc2cccc(C)c2)c1. The summed E-state index contributed by atoms with van der Waals surface area (Å²) >= 11 is 5.79. The third kappa shape index (κ3) is 5.34. The number of thiocarbonyl (C=S) groups is 1. The number of aromatic nitrogens is 2. The monoisotopic (exact) mass is 511 g/mol. The number of amides is 1. The van der Waals surface area contributed by atoms with Crippen LogP contribution in [0.3, 0.4) is 0 Å². The molecule has 1 aliphatic heterocycles. The zero-order valence-electron chi connectivity index (χ0n) is 20.8. The van der Waals surface area contributed by atoms with Crippen molar-refractivity contribution in [3.63, 3.8) is 0 Å². The Bertz CT molecular complexity index is 1400. The van der Waals surface area contributed by atoms with Crippen LogP contribution < -0.4 is 15.4 Å². The van der Waals surface area contributed by atoms with E-state index in [0.29, 0.717) is 18.1 Å². The number of rotatable bonds is 8. The van der Waals surface area contributed by atoms with E-state index in [2.05, 4.69) is 31.2 Å². The summed E-state index contributed by atoms with van der Waals surface area (Å²) in [6, 6.07) is 25.4. The van der Waals surface area contributed by atoms with Gasteiger partial charge in [-0.1, -0.05) is 24.3 Å². The first-order valence-electron chi connectivity index (χ1n) is 12.2. The Labute approximate surface area is 222 Å². The van der Waals surface area contributed by atoms with E-state index in [1.54, 1.807) is 13.3 Å². The lowest BCUT2D eigenvalue weighted by Crippen LogP contribution is -2.33. The van der Waals surface area contributed by atoms with Crippen LogP contribution in [-0.2, 0) is 4.79 Å². The molecule has 188 valence electrons. The van der Waals surface area contributed by atoms with Gasteiger partial charge < -0.3 is 24.8 Å². The van der Waals surface area contributed by atoms with Gasteiger partial charge in [-0.05, 0) is 73.2 Å². The van der Waals surface area contributed by atoms with E-state index in [-0.39, 0.29) is 18.0 Å². The molecular weight excluding hydrogens is 482 g/mol. The Morgan fingerprint density at radius 2 is 1.95 bits per heavy atom. The second-order valence-corrected chi connectivity index (χ2v) is 9.38. The molecule has 2 aromatic carbocycles. The molecule has 4 aromatic rings. The molecule has 5 rings (SSSR count). The fraction of sp³-hybridized carbons (Fsp3) is 0.207. The lowest BCUT2D eigenvalue weighted by Gasteiger charge is -2.29. The van der Waals surface area contributed by atoms with Gasteiger partial charge in [0.15, 0.2) is 5.11 Å². The summed E-state index contributed by atoms with van der Waals surface area (Å²) in [7, 11) is 1.66. The van der Waals surface area contributed by atoms with Crippen molar-refractivity contribution in [2.24, 2.45) is 0 Å². The molecule has 1 aliphatic rings. The fourth-order valence-electron chi connectivity index (χ4n) is 4.77. The topological polar surface area (TPSA) is 71.4 Å². The van der Waals surface area contributed by atoms with Gasteiger partial charge in [0.1, 0.15) is 5.75 Å². The van der Waals surface area contributed by atoms with Crippen molar-refractivity contribution in [3.8, 4) is 11.4 Å². The molecule has 7 nitrogen and oxygen atoms in total. The van der Waals surface area contributed by atoms with Gasteiger partial charge in [-0.15, -0.1) is 0 Å². The number of nitrogens with one attached hydrogen (secondary N) is 2. The Kier molecular flexibility index (Phi) is 7.18. The first-order chi connectivity index (χ1) is 18.0. The molecule has 2 atom stereocenters. The number of pyridine rings is 1. The number of hydrogen-bond acceptors (Lipinski definition) is 4. The standard InChI is InChI=1S/C29H29N5O2S/c1-20-8-5-9-21(18-20)31-26(35)14-17-34-28(27(32-29(34)37)24-12-3-4-15-30-24)25-13-7-16-33(25)22-10-6-11-23(19-22)36-2/h3-13,15-16,18-19,27-28H,14,17H2,1-2H3,(H,31,35)(H,32,37)/t27-,28+/m0/s1. The van der Waals surface area contributed by atoms with E-state index >= 15 is 0 Å². The van der Waals surface area contributed by atoms with E-state index in [9.17, 15) is 4.79 Å². The number of aryl methyl sites for hydroxylation is 1. The van der Waals surface area contributed by atoms with Crippen LogP contribution in [0.1, 0.15) is 35.5 Å². The predicted octanol–water partition coefficient (Wildman–Crippen LogP) is 5.19. The van der Waals surface area contributed by atoms with Crippen LogP contribution in [0.5, 0.6) is 5.75 Å². The van der Waals surface area contributed by atoms with Crippen molar-refractivity contribution < 1.29 is 9.53 Å². The van der Waals surface area contributed by atoms with E-state index < -0.39 is 0 Å². The Hall–Kier alpha value is -4.17. The summed E-state index contributed by atoms with van der Waals surface area (Å²) in [5.74, 6) is 0.722. The van der Waals surface area contributed by atoms with Gasteiger partial charge in [0.25, 0.3) is 0 Å². The van der Waals surface area contributed by atoms with E-state index in [4.69, 9.17) is 17.0 Å². The van der Waals surface area contributed by atoms with E-state index in [0.717, 1.165) is 34.1 Å². The molecule has 1 amide bonds. The molecule has 0 saturated carbocycles. The van der Waals surface area contributed by atoms with Crippen molar-refractivity contribution in [1.82, 2.24) is 19.8 Å².